The molecule has 1 N–H and O–H groups in total. The zero-order valence-corrected chi connectivity index (χ0v) is 17.4. The van der Waals surface area contributed by atoms with E-state index in [-0.39, 0.29) is 6.42 Å². The minimum absolute atomic E-state index is 0.0411. The molecule has 1 heterocycles. The van der Waals surface area contributed by atoms with Gasteiger partial charge in [-0.2, -0.15) is 0 Å². The number of hydrogen-bond acceptors (Lipinski definition) is 6. The summed E-state index contributed by atoms with van der Waals surface area (Å²) in [6.45, 7) is -0.423. The van der Waals surface area contributed by atoms with Crippen LogP contribution < -0.4 is 20.8 Å². The molecule has 0 unspecified atom stereocenters. The number of aliphatic carboxylic acids is 1. The van der Waals surface area contributed by atoms with E-state index in [4.69, 9.17) is 20.8 Å². The lowest BCUT2D eigenvalue weighted by atomic mass is 10.1. The van der Waals surface area contributed by atoms with Crippen LogP contribution in [-0.2, 0) is 16.0 Å². The third kappa shape index (κ3) is 4.73. The third-order valence-corrected chi connectivity index (χ3v) is 5.19. The summed E-state index contributed by atoms with van der Waals surface area (Å²) >= 11 is 5.83. The molecule has 7 nitrogen and oxygen atoms in total. The summed E-state index contributed by atoms with van der Waals surface area (Å²) in [5, 5.41) is 16.3. The van der Waals surface area contributed by atoms with Crippen molar-refractivity contribution in [1.82, 2.24) is 5.32 Å². The number of rotatable bonds is 7. The van der Waals surface area contributed by atoms with Gasteiger partial charge in [0, 0.05) is 16.5 Å². The van der Waals surface area contributed by atoms with E-state index in [0.29, 0.717) is 27.3 Å². The zero-order valence-electron chi connectivity index (χ0n) is 16.7. The molecule has 0 aliphatic heterocycles. The smallest absolute Gasteiger partial charge is 0.344 e. The van der Waals surface area contributed by atoms with Crippen molar-refractivity contribution < 1.29 is 23.8 Å². The Hall–Kier alpha value is -3.84. The van der Waals surface area contributed by atoms with Gasteiger partial charge in [0.2, 0.25) is 0 Å². The number of carbonyl (C=O) groups excluding carboxylic acids is 2. The van der Waals surface area contributed by atoms with E-state index in [1.54, 1.807) is 48.5 Å². The SMILES string of the molecule is O=C(COc1ccc2c(c1)oc(=O)c1ccccc12)N[C@@H](Cc1ccc(Cl)cc1)C(=O)[O-]. The number of carboxylic acid groups (broad SMARTS) is 1. The molecule has 1 aromatic heterocycles. The maximum Gasteiger partial charge on any atom is 0.344 e. The fourth-order valence-corrected chi connectivity index (χ4v) is 3.51. The van der Waals surface area contributed by atoms with Crippen molar-refractivity contribution in [2.75, 3.05) is 6.61 Å². The van der Waals surface area contributed by atoms with Crippen molar-refractivity contribution in [2.24, 2.45) is 0 Å². The second-order valence-corrected chi connectivity index (χ2v) is 7.59. The summed E-state index contributed by atoms with van der Waals surface area (Å²) in [6.07, 6.45) is 0.0411. The Morgan fingerprint density at radius 2 is 1.72 bits per heavy atom. The molecule has 1 amide bonds. The van der Waals surface area contributed by atoms with Gasteiger partial charge in [-0.05, 0) is 47.7 Å². The first-order chi connectivity index (χ1) is 15.4. The monoisotopic (exact) mass is 450 g/mol. The highest BCUT2D eigenvalue weighted by molar-refractivity contribution is 6.30. The Kier molecular flexibility index (Phi) is 6.09. The van der Waals surface area contributed by atoms with Gasteiger partial charge in [-0.25, -0.2) is 4.79 Å². The number of hydrogen-bond donors (Lipinski definition) is 1. The second-order valence-electron chi connectivity index (χ2n) is 7.15. The molecule has 32 heavy (non-hydrogen) atoms. The van der Waals surface area contributed by atoms with E-state index < -0.39 is 30.2 Å². The third-order valence-electron chi connectivity index (χ3n) is 4.94. The highest BCUT2D eigenvalue weighted by atomic mass is 35.5. The lowest BCUT2D eigenvalue weighted by Gasteiger charge is -2.20. The van der Waals surface area contributed by atoms with Gasteiger partial charge in [0.25, 0.3) is 5.91 Å². The first-order valence-corrected chi connectivity index (χ1v) is 10.1. The Bertz CT molecular complexity index is 1360. The normalized spacial score (nSPS) is 11.9. The maximum atomic E-state index is 12.2. The quantitative estimate of drug-likeness (QED) is 0.342. The molecular formula is C24H17ClNO6-. The number of carboxylic acids is 1. The van der Waals surface area contributed by atoms with Crippen LogP contribution in [0.15, 0.2) is 75.9 Å². The Morgan fingerprint density at radius 3 is 2.44 bits per heavy atom. The molecule has 4 aromatic rings. The van der Waals surface area contributed by atoms with Crippen molar-refractivity contribution in [2.45, 2.75) is 12.5 Å². The van der Waals surface area contributed by atoms with Crippen LogP contribution in [0.3, 0.4) is 0 Å². The molecule has 8 heteroatoms. The summed E-state index contributed by atoms with van der Waals surface area (Å²) in [5.41, 5.74) is 0.533. The predicted octanol–water partition coefficient (Wildman–Crippen LogP) is 2.46. The number of amides is 1. The van der Waals surface area contributed by atoms with Crippen molar-refractivity contribution >= 4 is 45.2 Å². The lowest BCUT2D eigenvalue weighted by Crippen LogP contribution is -2.50. The van der Waals surface area contributed by atoms with Crippen LogP contribution >= 0.6 is 11.6 Å². The van der Waals surface area contributed by atoms with E-state index in [9.17, 15) is 19.5 Å². The number of fused-ring (bicyclic) bond motifs is 3. The number of benzene rings is 3. The molecule has 0 aliphatic carbocycles. The second kappa shape index (κ2) is 9.11. The molecule has 0 radical (unpaired) electrons. The molecule has 0 bridgehead atoms. The van der Waals surface area contributed by atoms with Crippen LogP contribution in [0.2, 0.25) is 5.02 Å². The average molecular weight is 451 g/mol. The van der Waals surface area contributed by atoms with E-state index in [2.05, 4.69) is 5.32 Å². The van der Waals surface area contributed by atoms with Crippen molar-refractivity contribution in [3.05, 3.63) is 87.7 Å². The molecule has 0 aliphatic rings. The largest absolute Gasteiger partial charge is 0.548 e. The van der Waals surface area contributed by atoms with Crippen LogP contribution in [-0.4, -0.2) is 24.5 Å². The standard InChI is InChI=1S/C24H18ClNO6/c25-15-7-5-14(6-8-15)11-20(23(28)29)26-22(27)13-31-16-9-10-18-17-3-1-2-4-19(17)24(30)32-21(18)12-16/h1-10,12,20H,11,13H2,(H,26,27)(H,28,29)/p-1/t20-/m0/s1. The molecule has 162 valence electrons. The molecule has 0 saturated heterocycles. The van der Waals surface area contributed by atoms with Crippen molar-refractivity contribution in [1.29, 1.82) is 0 Å². The molecule has 0 fully saturated rings. The number of carbonyl (C=O) groups is 2. The van der Waals surface area contributed by atoms with Gasteiger partial charge in [-0.1, -0.05) is 41.9 Å². The number of nitrogens with one attached hydrogen (secondary N) is 1. The highest BCUT2D eigenvalue weighted by Gasteiger charge is 2.15. The molecular weight excluding hydrogens is 434 g/mol. The molecule has 3 aromatic carbocycles. The predicted molar refractivity (Wildman–Crippen MR) is 118 cm³/mol. The van der Waals surface area contributed by atoms with Gasteiger partial charge < -0.3 is 24.4 Å². The van der Waals surface area contributed by atoms with Crippen LogP contribution in [0.4, 0.5) is 0 Å². The van der Waals surface area contributed by atoms with Crippen molar-refractivity contribution in [3.63, 3.8) is 0 Å². The van der Waals surface area contributed by atoms with Gasteiger partial charge in [0.1, 0.15) is 11.3 Å². The fraction of sp³-hybridized carbons (Fsp3) is 0.125. The van der Waals surface area contributed by atoms with Gasteiger partial charge >= 0.3 is 5.63 Å². The van der Waals surface area contributed by atoms with E-state index in [1.807, 2.05) is 12.1 Å². The number of ether oxygens (including phenoxy) is 1. The maximum absolute atomic E-state index is 12.2. The summed E-state index contributed by atoms with van der Waals surface area (Å²) in [5.74, 6) is -1.74. The van der Waals surface area contributed by atoms with E-state index >= 15 is 0 Å². The number of halogens is 1. The van der Waals surface area contributed by atoms with Crippen LogP contribution in [0.1, 0.15) is 5.56 Å². The summed E-state index contributed by atoms with van der Waals surface area (Å²) in [6, 6.07) is 17.4. The van der Waals surface area contributed by atoms with E-state index in [0.717, 1.165) is 10.8 Å². The first-order valence-electron chi connectivity index (χ1n) is 9.74. The topological polar surface area (TPSA) is 109 Å². The fourth-order valence-electron chi connectivity index (χ4n) is 3.38. The van der Waals surface area contributed by atoms with Gasteiger partial charge in [-0.3, -0.25) is 4.79 Å². The summed E-state index contributed by atoms with van der Waals surface area (Å²) < 4.78 is 10.8. The van der Waals surface area contributed by atoms with Gasteiger partial charge in [0.15, 0.2) is 6.61 Å². The molecule has 0 saturated carbocycles. The molecule has 4 rings (SSSR count). The summed E-state index contributed by atoms with van der Waals surface area (Å²) in [7, 11) is 0. The van der Waals surface area contributed by atoms with Gasteiger partial charge in [-0.15, -0.1) is 0 Å². The van der Waals surface area contributed by atoms with Crippen LogP contribution in [0.5, 0.6) is 5.75 Å². The molecule has 0 spiro atoms. The van der Waals surface area contributed by atoms with Crippen LogP contribution in [0.25, 0.3) is 21.7 Å². The Morgan fingerprint density at radius 1 is 1.00 bits per heavy atom. The van der Waals surface area contributed by atoms with E-state index in [1.165, 1.54) is 6.07 Å². The zero-order chi connectivity index (χ0) is 22.7. The van der Waals surface area contributed by atoms with Crippen molar-refractivity contribution in [3.8, 4) is 5.75 Å². The highest BCUT2D eigenvalue weighted by Crippen LogP contribution is 2.26. The average Bonchev–Trinajstić information content (AvgIpc) is 2.78. The summed E-state index contributed by atoms with van der Waals surface area (Å²) in [4.78, 5) is 35.9. The van der Waals surface area contributed by atoms with Gasteiger partial charge in [0.05, 0.1) is 17.4 Å². The molecule has 1 atom stereocenters. The Balaban J connectivity index is 1.44. The lowest BCUT2D eigenvalue weighted by molar-refractivity contribution is -0.308. The minimum atomic E-state index is -1.41. The first kappa shape index (κ1) is 21.4. The van der Waals surface area contributed by atoms with Crippen LogP contribution in [0, 0.1) is 0 Å². The minimum Gasteiger partial charge on any atom is -0.548 e. The Labute approximate surface area is 187 Å².